The van der Waals surface area contributed by atoms with E-state index in [0.717, 1.165) is 55.3 Å². The maximum absolute atomic E-state index is 17.0. The van der Waals surface area contributed by atoms with E-state index in [1.807, 2.05) is 0 Å². The summed E-state index contributed by atoms with van der Waals surface area (Å²) in [5.41, 5.74) is 6.37. The van der Waals surface area contributed by atoms with E-state index >= 15 is 4.39 Å². The van der Waals surface area contributed by atoms with Crippen LogP contribution in [-0.2, 0) is 0 Å². The first kappa shape index (κ1) is 30.5. The summed E-state index contributed by atoms with van der Waals surface area (Å²) < 4.78 is 72.2. The molecule has 3 aliphatic heterocycles. The van der Waals surface area contributed by atoms with Crippen molar-refractivity contribution >= 4 is 60.4 Å². The Kier molecular flexibility index (Phi) is 7.49. The Bertz CT molecular complexity index is 2000. The summed E-state index contributed by atoms with van der Waals surface area (Å²) in [6, 6.07) is 1.45. The Morgan fingerprint density at radius 1 is 1.30 bits per heavy atom. The van der Waals surface area contributed by atoms with Crippen LogP contribution in [0.5, 0.6) is 11.8 Å². The zero-order chi connectivity index (χ0) is 32.5. The molecule has 238 valence electrons. The summed E-state index contributed by atoms with van der Waals surface area (Å²) in [7, 11) is 0. The lowest BCUT2D eigenvalue weighted by atomic mass is 9.94. The van der Waals surface area contributed by atoms with Gasteiger partial charge in [0, 0.05) is 17.5 Å². The van der Waals surface area contributed by atoms with Gasteiger partial charge in [-0.3, -0.25) is 4.90 Å². The molecule has 8 nitrogen and oxygen atoms in total. The molecule has 0 radical (unpaired) electrons. The van der Waals surface area contributed by atoms with Crippen molar-refractivity contribution in [2.75, 3.05) is 43.5 Å². The molecule has 0 saturated carbocycles. The molecule has 14 heteroatoms. The minimum atomic E-state index is -2.78. The number of hydrogen-bond acceptors (Lipinski definition) is 8. The van der Waals surface area contributed by atoms with Crippen molar-refractivity contribution in [3.63, 3.8) is 0 Å². The van der Waals surface area contributed by atoms with Crippen LogP contribution in [0.3, 0.4) is 0 Å². The maximum atomic E-state index is 17.0. The van der Waals surface area contributed by atoms with Gasteiger partial charge in [0.15, 0.2) is 11.6 Å². The Morgan fingerprint density at radius 3 is 2.85 bits per heavy atom. The van der Waals surface area contributed by atoms with Crippen LogP contribution in [0.25, 0.3) is 37.0 Å². The van der Waals surface area contributed by atoms with Crippen molar-refractivity contribution in [2.45, 2.75) is 37.3 Å². The molecule has 46 heavy (non-hydrogen) atoms. The third-order valence-electron chi connectivity index (χ3n) is 9.00. The van der Waals surface area contributed by atoms with Gasteiger partial charge in [-0.15, -0.1) is 17.9 Å². The summed E-state index contributed by atoms with van der Waals surface area (Å²) in [4.78, 5) is 16.1. The van der Waals surface area contributed by atoms with Crippen molar-refractivity contribution in [1.82, 2.24) is 14.9 Å². The fourth-order valence-electron chi connectivity index (χ4n) is 7.00. The summed E-state index contributed by atoms with van der Waals surface area (Å²) in [6.45, 7) is 16.5. The second-order valence-corrected chi connectivity index (χ2v) is 13.2. The number of halogens is 5. The van der Waals surface area contributed by atoms with E-state index in [1.54, 1.807) is 0 Å². The largest absolute Gasteiger partial charge is 0.489 e. The lowest BCUT2D eigenvalue weighted by Gasteiger charge is -2.31. The second-order valence-electron chi connectivity index (χ2n) is 11.7. The number of anilines is 2. The first-order valence-electron chi connectivity index (χ1n) is 14.5. The molecule has 2 aromatic carbocycles. The quantitative estimate of drug-likeness (QED) is 0.122. The molecular formula is C32H27ClF4N6O2S. The number of alkyl halides is 2. The van der Waals surface area contributed by atoms with Gasteiger partial charge in [0.25, 0.3) is 6.43 Å². The number of nitrogens with two attached hydrogens (primary N) is 1. The molecule has 0 amide bonds. The van der Waals surface area contributed by atoms with Gasteiger partial charge < -0.3 is 20.1 Å². The van der Waals surface area contributed by atoms with E-state index in [1.165, 1.54) is 17.0 Å². The SMILES string of the molecule is [C-]#[N+]c1c(N)sc2c(F)ccc(-c3c(Cl)c4c5c(nc(OC[C@@]67CCCN6CC(=C)C7)nc5c3F)N(CC(F)F)[C@@H](C=C)CO4)c12. The van der Waals surface area contributed by atoms with E-state index in [0.29, 0.717) is 0 Å². The maximum Gasteiger partial charge on any atom is 0.319 e. The average Bonchev–Trinajstić information content (AvgIpc) is 3.63. The molecule has 7 rings (SSSR count). The van der Waals surface area contributed by atoms with E-state index in [-0.39, 0.29) is 84.2 Å². The van der Waals surface area contributed by atoms with Gasteiger partial charge in [0.2, 0.25) is 5.69 Å². The molecule has 4 aromatic rings. The molecule has 0 aliphatic carbocycles. The lowest BCUT2D eigenvalue weighted by molar-refractivity contribution is 0.108. The van der Waals surface area contributed by atoms with Crippen LogP contribution in [0.1, 0.15) is 19.3 Å². The van der Waals surface area contributed by atoms with Gasteiger partial charge >= 0.3 is 6.01 Å². The molecule has 2 aromatic heterocycles. The number of benzene rings is 2. The van der Waals surface area contributed by atoms with Gasteiger partial charge in [0.1, 0.15) is 30.4 Å². The fraction of sp³-hybridized carbons (Fsp3) is 0.344. The third kappa shape index (κ3) is 4.65. The van der Waals surface area contributed by atoms with Crippen molar-refractivity contribution in [3.05, 3.63) is 65.0 Å². The van der Waals surface area contributed by atoms with Crippen LogP contribution < -0.4 is 20.1 Å². The molecule has 2 N–H and O–H groups in total. The Labute approximate surface area is 270 Å². The summed E-state index contributed by atoms with van der Waals surface area (Å²) >= 11 is 7.76. The highest BCUT2D eigenvalue weighted by Crippen LogP contribution is 2.53. The van der Waals surface area contributed by atoms with Crippen LogP contribution in [0, 0.1) is 18.2 Å². The zero-order valence-electron chi connectivity index (χ0n) is 24.4. The van der Waals surface area contributed by atoms with Gasteiger partial charge in [-0.25, -0.2) is 22.4 Å². The van der Waals surface area contributed by atoms with Gasteiger partial charge in [-0.1, -0.05) is 35.9 Å². The van der Waals surface area contributed by atoms with E-state index in [2.05, 4.69) is 32.9 Å². The minimum Gasteiger partial charge on any atom is -0.489 e. The predicted molar refractivity (Wildman–Crippen MR) is 172 cm³/mol. The number of aromatic nitrogens is 2. The summed E-state index contributed by atoms with van der Waals surface area (Å²) in [6.07, 6.45) is 1.22. The molecule has 0 unspecified atom stereocenters. The predicted octanol–water partition coefficient (Wildman–Crippen LogP) is 7.77. The Hall–Kier alpha value is -4.12. The highest BCUT2D eigenvalue weighted by atomic mass is 35.5. The highest BCUT2D eigenvalue weighted by Gasteiger charge is 2.47. The molecule has 5 heterocycles. The normalized spacial score (nSPS) is 21.1. The van der Waals surface area contributed by atoms with Gasteiger partial charge in [-0.2, -0.15) is 9.97 Å². The van der Waals surface area contributed by atoms with E-state index < -0.39 is 30.6 Å². The lowest BCUT2D eigenvalue weighted by Crippen LogP contribution is -2.43. The number of nitrogen functional groups attached to an aromatic ring is 1. The van der Waals surface area contributed by atoms with E-state index in [9.17, 15) is 13.2 Å². The molecular weight excluding hydrogens is 644 g/mol. The van der Waals surface area contributed by atoms with Crippen LogP contribution in [0.4, 0.5) is 34.1 Å². The molecule has 0 spiro atoms. The number of nitrogens with zero attached hydrogens (tertiary/aromatic N) is 5. The Morgan fingerprint density at radius 2 is 2.11 bits per heavy atom. The molecule has 2 fully saturated rings. The summed E-state index contributed by atoms with van der Waals surface area (Å²) in [5, 5.41) is -0.0833. The zero-order valence-corrected chi connectivity index (χ0v) is 26.0. The minimum absolute atomic E-state index is 0.0212. The molecule has 2 atom stereocenters. The number of ether oxygens (including phenoxy) is 2. The van der Waals surface area contributed by atoms with Crippen molar-refractivity contribution in [3.8, 4) is 22.9 Å². The standard InChI is InChI=1S/C32H27ClF4N6O2S/c1-4-16-13-44-27-22-25(24(37)20(23(27)33)17-6-7-18(34)28-21(17)26(39-3)29(38)46-28)40-31(41-30(22)43(16)12-19(35)36)45-14-32-8-5-9-42(32)11-15(2)10-32/h4,6-7,16,19H,1-2,5,8-14,38H2/t16-,32-/m0/s1. The van der Waals surface area contributed by atoms with Crippen molar-refractivity contribution in [2.24, 2.45) is 0 Å². The number of thiophene rings is 1. The number of rotatable bonds is 7. The highest BCUT2D eigenvalue weighted by molar-refractivity contribution is 7.23. The molecule has 3 aliphatic rings. The monoisotopic (exact) mass is 670 g/mol. The first-order chi connectivity index (χ1) is 22.1. The van der Waals surface area contributed by atoms with Gasteiger partial charge in [0.05, 0.1) is 44.8 Å². The topological polar surface area (TPSA) is 81.1 Å². The molecule has 0 bridgehead atoms. The van der Waals surface area contributed by atoms with Crippen LogP contribution in [0.15, 0.2) is 36.9 Å². The number of hydrogen-bond donors (Lipinski definition) is 1. The second kappa shape index (κ2) is 11.3. The van der Waals surface area contributed by atoms with E-state index in [4.69, 9.17) is 33.4 Å². The molecule has 2 saturated heterocycles. The van der Waals surface area contributed by atoms with Crippen molar-refractivity contribution < 1.29 is 27.0 Å². The van der Waals surface area contributed by atoms with Gasteiger partial charge in [-0.05, 0) is 37.4 Å². The third-order valence-corrected chi connectivity index (χ3v) is 10.4. The Balaban J connectivity index is 1.48. The average molecular weight is 671 g/mol. The summed E-state index contributed by atoms with van der Waals surface area (Å²) in [5.74, 6) is -1.68. The fourth-order valence-corrected chi connectivity index (χ4v) is 8.27. The smallest absolute Gasteiger partial charge is 0.319 e. The first-order valence-corrected chi connectivity index (χ1v) is 15.7. The van der Waals surface area contributed by atoms with Crippen LogP contribution in [-0.4, -0.2) is 65.7 Å². The van der Waals surface area contributed by atoms with Crippen LogP contribution in [0.2, 0.25) is 5.02 Å². The van der Waals surface area contributed by atoms with Crippen LogP contribution >= 0.6 is 22.9 Å². The number of fused-ring (bicyclic) bond motifs is 2. The van der Waals surface area contributed by atoms with Crippen molar-refractivity contribution in [1.29, 1.82) is 0 Å².